The third-order valence-electron chi connectivity index (χ3n) is 4.74. The number of benzene rings is 3. The molecule has 3 rings (SSSR count). The van der Waals surface area contributed by atoms with Crippen LogP contribution in [0.2, 0.25) is 0 Å². The van der Waals surface area contributed by atoms with Gasteiger partial charge in [0.25, 0.3) is 5.91 Å². The van der Waals surface area contributed by atoms with Crippen LogP contribution in [0.5, 0.6) is 0 Å². The second kappa shape index (κ2) is 9.09. The molecule has 3 aromatic rings. The lowest BCUT2D eigenvalue weighted by atomic mass is 10.1. The highest BCUT2D eigenvalue weighted by Crippen LogP contribution is 2.23. The molecule has 1 N–H and O–H groups in total. The molecule has 0 aliphatic heterocycles. The number of amides is 1. The topological polar surface area (TPSA) is 66.5 Å². The van der Waals surface area contributed by atoms with Crippen molar-refractivity contribution < 1.29 is 17.6 Å². The molecule has 0 aliphatic rings. The predicted molar refractivity (Wildman–Crippen MR) is 116 cm³/mol. The van der Waals surface area contributed by atoms with Crippen LogP contribution in [-0.4, -0.2) is 20.6 Å². The summed E-state index contributed by atoms with van der Waals surface area (Å²) in [5, 5.41) is 2.92. The second-order valence-electron chi connectivity index (χ2n) is 7.01. The number of carbonyl (C=O) groups excluding carboxylic acids is 1. The smallest absolute Gasteiger partial charge is 0.251 e. The van der Waals surface area contributed by atoms with E-state index in [1.165, 1.54) is 6.07 Å². The van der Waals surface area contributed by atoms with Gasteiger partial charge >= 0.3 is 0 Å². The van der Waals surface area contributed by atoms with Crippen molar-refractivity contribution in [2.24, 2.45) is 0 Å². The number of rotatable bonds is 7. The van der Waals surface area contributed by atoms with E-state index >= 15 is 0 Å². The summed E-state index contributed by atoms with van der Waals surface area (Å²) in [6.45, 7) is 1.75. The Morgan fingerprint density at radius 1 is 0.967 bits per heavy atom. The van der Waals surface area contributed by atoms with Crippen molar-refractivity contribution in [2.45, 2.75) is 19.5 Å². The third-order valence-corrected chi connectivity index (χ3v) is 5.88. The molecule has 0 radical (unpaired) electrons. The molecule has 156 valence electrons. The largest absolute Gasteiger partial charge is 0.346 e. The lowest BCUT2D eigenvalue weighted by molar-refractivity contribution is 0.0940. The third kappa shape index (κ3) is 5.24. The summed E-state index contributed by atoms with van der Waals surface area (Å²) < 4.78 is 39.7. The average molecular weight is 427 g/mol. The predicted octanol–water partition coefficient (Wildman–Crippen LogP) is 4.28. The fourth-order valence-corrected chi connectivity index (χ4v) is 3.94. The highest BCUT2D eigenvalue weighted by Gasteiger charge is 2.20. The van der Waals surface area contributed by atoms with Crippen molar-refractivity contribution >= 4 is 21.6 Å². The van der Waals surface area contributed by atoms with Gasteiger partial charge in [0.2, 0.25) is 10.0 Å². The van der Waals surface area contributed by atoms with E-state index in [0.717, 1.165) is 16.1 Å². The fourth-order valence-electron chi connectivity index (χ4n) is 3.07. The maximum absolute atomic E-state index is 14.0. The first-order valence-electron chi connectivity index (χ1n) is 9.42. The maximum Gasteiger partial charge on any atom is 0.251 e. The Kier molecular flexibility index (Phi) is 6.52. The second-order valence-corrected chi connectivity index (χ2v) is 8.92. The zero-order valence-electron chi connectivity index (χ0n) is 16.7. The molecule has 7 heteroatoms. The Hall–Kier alpha value is -3.19. The van der Waals surface area contributed by atoms with Crippen molar-refractivity contribution in [1.29, 1.82) is 0 Å². The van der Waals surface area contributed by atoms with Crippen LogP contribution < -0.4 is 9.62 Å². The Balaban J connectivity index is 1.78. The van der Waals surface area contributed by atoms with Gasteiger partial charge in [-0.25, -0.2) is 12.8 Å². The molecule has 0 spiro atoms. The molecular weight excluding hydrogens is 403 g/mol. The molecule has 0 saturated carbocycles. The van der Waals surface area contributed by atoms with Crippen molar-refractivity contribution in [3.05, 3.63) is 101 Å². The summed E-state index contributed by atoms with van der Waals surface area (Å²) in [5.41, 5.74) is 2.01. The van der Waals surface area contributed by atoms with Crippen molar-refractivity contribution in [1.82, 2.24) is 5.32 Å². The molecule has 3 aromatic carbocycles. The molecular formula is C23H23FN2O3S. The van der Waals surface area contributed by atoms with Gasteiger partial charge in [0.1, 0.15) is 5.82 Å². The Bertz CT molecular complexity index is 1120. The van der Waals surface area contributed by atoms with Crippen LogP contribution in [0.25, 0.3) is 0 Å². The first-order chi connectivity index (χ1) is 14.3. The van der Waals surface area contributed by atoms with E-state index in [1.807, 2.05) is 37.3 Å². The Morgan fingerprint density at radius 3 is 2.17 bits per heavy atom. The van der Waals surface area contributed by atoms with Crippen molar-refractivity contribution in [2.75, 3.05) is 10.6 Å². The fraction of sp³-hybridized carbons (Fsp3) is 0.174. The van der Waals surface area contributed by atoms with Crippen LogP contribution in [0.3, 0.4) is 0 Å². The van der Waals surface area contributed by atoms with E-state index in [9.17, 15) is 17.6 Å². The van der Waals surface area contributed by atoms with Gasteiger partial charge in [-0.05, 0) is 42.8 Å². The molecule has 0 unspecified atom stereocenters. The van der Waals surface area contributed by atoms with Gasteiger partial charge in [0.15, 0.2) is 0 Å². The van der Waals surface area contributed by atoms with E-state index in [0.29, 0.717) is 11.3 Å². The molecule has 0 aliphatic carbocycles. The number of hydrogen-bond acceptors (Lipinski definition) is 3. The summed E-state index contributed by atoms with van der Waals surface area (Å²) in [4.78, 5) is 12.5. The number of halogens is 1. The highest BCUT2D eigenvalue weighted by atomic mass is 32.2. The number of carbonyl (C=O) groups is 1. The summed E-state index contributed by atoms with van der Waals surface area (Å²) in [7, 11) is -3.65. The molecule has 0 bridgehead atoms. The van der Waals surface area contributed by atoms with E-state index in [2.05, 4.69) is 5.32 Å². The van der Waals surface area contributed by atoms with Crippen LogP contribution in [0, 0.1) is 5.82 Å². The Labute approximate surface area is 176 Å². The molecule has 0 saturated heterocycles. The minimum atomic E-state index is -3.65. The van der Waals surface area contributed by atoms with E-state index < -0.39 is 15.8 Å². The summed E-state index contributed by atoms with van der Waals surface area (Å²) in [5.74, 6) is -0.741. The number of nitrogens with one attached hydrogen (secondary N) is 1. The molecule has 1 atom stereocenters. The van der Waals surface area contributed by atoms with Crippen molar-refractivity contribution in [3.63, 3.8) is 0 Å². The lowest BCUT2D eigenvalue weighted by Crippen LogP contribution is -2.30. The van der Waals surface area contributed by atoms with Crippen LogP contribution in [-0.2, 0) is 16.6 Å². The van der Waals surface area contributed by atoms with Crippen LogP contribution in [0.1, 0.15) is 34.5 Å². The zero-order chi connectivity index (χ0) is 21.7. The van der Waals surface area contributed by atoms with E-state index in [-0.39, 0.29) is 24.1 Å². The minimum Gasteiger partial charge on any atom is -0.346 e. The SMILES string of the molecule is C[C@H](NC(=O)c1ccc(N(Cc2ccccc2F)S(C)(=O)=O)cc1)c1ccccc1. The molecule has 0 aromatic heterocycles. The standard InChI is InChI=1S/C23H23FN2O3S/c1-17(18-8-4-3-5-9-18)25-23(27)19-12-14-21(15-13-19)26(30(2,28)29)16-20-10-6-7-11-22(20)24/h3-15,17H,16H2,1-2H3,(H,25,27)/t17-/m0/s1. The molecule has 5 nitrogen and oxygen atoms in total. The van der Waals surface area contributed by atoms with Gasteiger partial charge in [0.05, 0.1) is 24.5 Å². The van der Waals surface area contributed by atoms with Crippen LogP contribution >= 0.6 is 0 Å². The van der Waals surface area contributed by atoms with Gasteiger partial charge in [-0.3, -0.25) is 9.10 Å². The van der Waals surface area contributed by atoms with E-state index in [1.54, 1.807) is 42.5 Å². The average Bonchev–Trinajstić information content (AvgIpc) is 2.73. The molecule has 0 heterocycles. The number of anilines is 1. The quantitative estimate of drug-likeness (QED) is 0.613. The van der Waals surface area contributed by atoms with Gasteiger partial charge < -0.3 is 5.32 Å². The van der Waals surface area contributed by atoms with Gasteiger partial charge in [-0.1, -0.05) is 48.5 Å². The first-order valence-corrected chi connectivity index (χ1v) is 11.3. The first kappa shape index (κ1) is 21.5. The highest BCUT2D eigenvalue weighted by molar-refractivity contribution is 7.92. The minimum absolute atomic E-state index is 0.137. The summed E-state index contributed by atoms with van der Waals surface area (Å²) >= 11 is 0. The molecule has 0 fully saturated rings. The van der Waals surface area contributed by atoms with Crippen LogP contribution in [0.4, 0.5) is 10.1 Å². The molecule has 1 amide bonds. The van der Waals surface area contributed by atoms with Gasteiger partial charge in [0, 0.05) is 11.1 Å². The zero-order valence-corrected chi connectivity index (χ0v) is 17.6. The van der Waals surface area contributed by atoms with Gasteiger partial charge in [-0.15, -0.1) is 0 Å². The molecule has 30 heavy (non-hydrogen) atoms. The monoisotopic (exact) mass is 426 g/mol. The Morgan fingerprint density at radius 2 is 1.57 bits per heavy atom. The summed E-state index contributed by atoms with van der Waals surface area (Å²) in [6, 6.07) is 21.6. The number of hydrogen-bond donors (Lipinski definition) is 1. The normalized spacial score (nSPS) is 12.2. The number of nitrogens with zero attached hydrogens (tertiary/aromatic N) is 1. The van der Waals surface area contributed by atoms with Crippen LogP contribution in [0.15, 0.2) is 78.9 Å². The maximum atomic E-state index is 14.0. The number of sulfonamides is 1. The summed E-state index contributed by atoms with van der Waals surface area (Å²) in [6.07, 6.45) is 1.07. The van der Waals surface area contributed by atoms with Crippen molar-refractivity contribution in [3.8, 4) is 0 Å². The van der Waals surface area contributed by atoms with Gasteiger partial charge in [-0.2, -0.15) is 0 Å². The lowest BCUT2D eigenvalue weighted by Gasteiger charge is -2.23. The van der Waals surface area contributed by atoms with E-state index in [4.69, 9.17) is 0 Å².